The van der Waals surface area contributed by atoms with Gasteiger partial charge in [-0.1, -0.05) is 57.6 Å². The molecule has 0 heterocycles. The highest BCUT2D eigenvalue weighted by Gasteiger charge is 2.15. The molecule has 18 heavy (non-hydrogen) atoms. The molecule has 0 unspecified atom stereocenters. The largest absolute Gasteiger partial charge is 0.355 e. The van der Waals surface area contributed by atoms with Gasteiger partial charge in [-0.15, -0.1) is 0 Å². The van der Waals surface area contributed by atoms with Crippen LogP contribution in [-0.4, -0.2) is 25.5 Å². The Bertz CT molecular complexity index is 429. The number of hydrogen-bond acceptors (Lipinski definition) is 1. The fraction of sp³-hybridized carbons (Fsp3) is 0.462. The molecule has 0 radical (unpaired) electrons. The molecule has 0 aliphatic carbocycles. The van der Waals surface area contributed by atoms with Gasteiger partial charge in [0.2, 0.25) is 0 Å². The lowest BCUT2D eigenvalue weighted by Gasteiger charge is -2.16. The average molecular weight is 393 g/mol. The van der Waals surface area contributed by atoms with Crippen molar-refractivity contribution >= 4 is 45.8 Å². The zero-order chi connectivity index (χ0) is 13.8. The molecule has 0 spiro atoms. The molecule has 0 saturated carbocycles. The molecule has 0 aliphatic rings. The zero-order valence-electron chi connectivity index (χ0n) is 11.0. The second kappa shape index (κ2) is 6.87. The zero-order valence-corrected chi connectivity index (χ0v) is 15.2. The molecule has 1 aromatic carbocycles. The fourth-order valence-electron chi connectivity index (χ4n) is 1.44. The van der Waals surface area contributed by atoms with Crippen LogP contribution < -0.4 is 5.32 Å². The number of benzene rings is 1. The summed E-state index contributed by atoms with van der Waals surface area (Å²) in [5.74, 6) is 0.0171. The van der Waals surface area contributed by atoms with Gasteiger partial charge in [-0.2, -0.15) is 0 Å². The van der Waals surface area contributed by atoms with Gasteiger partial charge < -0.3 is 5.32 Å². The predicted molar refractivity (Wildman–Crippen MR) is 87.3 cm³/mol. The number of carbonyl (C=O) groups is 1. The van der Waals surface area contributed by atoms with Crippen molar-refractivity contribution < 1.29 is 4.79 Å². The number of rotatable bonds is 5. The van der Waals surface area contributed by atoms with Crippen LogP contribution in [0.5, 0.6) is 0 Å². The molecule has 0 aromatic heterocycles. The first-order valence-electron chi connectivity index (χ1n) is 5.96. The maximum Gasteiger partial charge on any atom is 0.251 e. The fourth-order valence-corrected chi connectivity index (χ4v) is 3.14. The number of hydrogen-bond donors (Lipinski definition) is 1. The summed E-state index contributed by atoms with van der Waals surface area (Å²) in [6, 6.07) is 5.80. The van der Waals surface area contributed by atoms with Crippen LogP contribution in [-0.2, 0) is 6.42 Å². The summed E-state index contributed by atoms with van der Waals surface area (Å²) in [5.41, 5.74) is 1.94. The Morgan fingerprint density at radius 3 is 2.50 bits per heavy atom. The van der Waals surface area contributed by atoms with Crippen LogP contribution in [0.15, 0.2) is 22.7 Å². The molecule has 1 amide bonds. The first-order valence-corrected chi connectivity index (χ1v) is 11.6. The minimum Gasteiger partial charge on any atom is -0.355 e. The highest BCUT2D eigenvalue weighted by molar-refractivity contribution is 9.10. The van der Waals surface area contributed by atoms with E-state index in [1.165, 1.54) is 5.56 Å². The SMILES string of the molecule is C[Si](C)(C)CNC(=O)c1ccc(CCBr)c(Br)c1. The Morgan fingerprint density at radius 2 is 2.00 bits per heavy atom. The molecule has 0 atom stereocenters. The number of aryl methyl sites for hydroxylation is 1. The average Bonchev–Trinajstić information content (AvgIpc) is 2.28. The maximum atomic E-state index is 12.0. The number of nitrogens with one attached hydrogen (secondary N) is 1. The monoisotopic (exact) mass is 391 g/mol. The summed E-state index contributed by atoms with van der Waals surface area (Å²) in [7, 11) is -1.24. The van der Waals surface area contributed by atoms with Gasteiger partial charge in [0.05, 0.1) is 8.07 Å². The van der Waals surface area contributed by atoms with Crippen LogP contribution in [0.25, 0.3) is 0 Å². The second-order valence-electron chi connectivity index (χ2n) is 5.49. The summed E-state index contributed by atoms with van der Waals surface area (Å²) in [4.78, 5) is 12.0. The van der Waals surface area contributed by atoms with Gasteiger partial charge >= 0.3 is 0 Å². The normalized spacial score (nSPS) is 11.4. The summed E-state index contributed by atoms with van der Waals surface area (Å²) >= 11 is 6.93. The highest BCUT2D eigenvalue weighted by atomic mass is 79.9. The number of amides is 1. The van der Waals surface area contributed by atoms with Crippen LogP contribution in [0.3, 0.4) is 0 Å². The van der Waals surface area contributed by atoms with E-state index in [9.17, 15) is 4.79 Å². The molecule has 5 heteroatoms. The first-order chi connectivity index (χ1) is 8.33. The van der Waals surface area contributed by atoms with E-state index in [4.69, 9.17) is 0 Å². The Kier molecular flexibility index (Phi) is 6.07. The van der Waals surface area contributed by atoms with Crippen LogP contribution in [0.1, 0.15) is 15.9 Å². The Balaban J connectivity index is 2.72. The van der Waals surface area contributed by atoms with Gasteiger partial charge in [-0.05, 0) is 24.1 Å². The van der Waals surface area contributed by atoms with E-state index in [1.807, 2.05) is 18.2 Å². The molecule has 0 saturated heterocycles. The quantitative estimate of drug-likeness (QED) is 0.595. The van der Waals surface area contributed by atoms with Gasteiger partial charge in [0.15, 0.2) is 0 Å². The molecule has 0 fully saturated rings. The van der Waals surface area contributed by atoms with E-state index in [2.05, 4.69) is 56.8 Å². The van der Waals surface area contributed by atoms with Gasteiger partial charge in [0.1, 0.15) is 0 Å². The van der Waals surface area contributed by atoms with Gasteiger partial charge in [-0.25, -0.2) is 0 Å². The second-order valence-corrected chi connectivity index (χ2v) is 12.6. The van der Waals surface area contributed by atoms with Crippen molar-refractivity contribution in [1.29, 1.82) is 0 Å². The van der Waals surface area contributed by atoms with E-state index in [1.54, 1.807) is 0 Å². The topological polar surface area (TPSA) is 29.1 Å². The van der Waals surface area contributed by atoms with Crippen molar-refractivity contribution in [3.63, 3.8) is 0 Å². The first kappa shape index (κ1) is 15.9. The van der Waals surface area contributed by atoms with Crippen molar-refractivity contribution in [3.05, 3.63) is 33.8 Å². The lowest BCUT2D eigenvalue weighted by atomic mass is 10.1. The number of carbonyl (C=O) groups excluding carboxylic acids is 1. The molecular weight excluding hydrogens is 374 g/mol. The summed E-state index contributed by atoms with van der Waals surface area (Å²) in [5, 5.41) is 3.93. The lowest BCUT2D eigenvalue weighted by molar-refractivity contribution is 0.0959. The van der Waals surface area contributed by atoms with Gasteiger partial charge in [0.25, 0.3) is 5.91 Å². The smallest absolute Gasteiger partial charge is 0.251 e. The Labute approximate surface area is 127 Å². The van der Waals surface area contributed by atoms with Crippen molar-refractivity contribution in [3.8, 4) is 0 Å². The Morgan fingerprint density at radius 1 is 1.33 bits per heavy atom. The molecule has 1 N–H and O–H groups in total. The summed E-state index contributed by atoms with van der Waals surface area (Å²) in [6.07, 6.45) is 1.77. The van der Waals surface area contributed by atoms with Crippen LogP contribution in [0.2, 0.25) is 19.6 Å². The van der Waals surface area contributed by atoms with E-state index in [0.717, 1.165) is 28.0 Å². The van der Waals surface area contributed by atoms with Crippen molar-refractivity contribution in [2.45, 2.75) is 26.1 Å². The minimum atomic E-state index is -1.24. The van der Waals surface area contributed by atoms with E-state index in [-0.39, 0.29) is 5.91 Å². The number of alkyl halides is 1. The van der Waals surface area contributed by atoms with E-state index < -0.39 is 8.07 Å². The van der Waals surface area contributed by atoms with Crippen molar-refractivity contribution in [2.24, 2.45) is 0 Å². The third-order valence-corrected chi connectivity index (χ3v) is 4.83. The van der Waals surface area contributed by atoms with Gasteiger partial charge in [-0.3, -0.25) is 4.79 Å². The summed E-state index contributed by atoms with van der Waals surface area (Å²) < 4.78 is 1.00. The minimum absolute atomic E-state index is 0.0171. The third kappa shape index (κ3) is 5.24. The van der Waals surface area contributed by atoms with Crippen molar-refractivity contribution in [1.82, 2.24) is 5.32 Å². The molecule has 0 bridgehead atoms. The third-order valence-electron chi connectivity index (χ3n) is 2.46. The molecule has 0 aliphatic heterocycles. The standard InChI is InChI=1S/C13H19Br2NOSi/c1-18(2,3)9-16-13(17)11-5-4-10(6-7-14)12(15)8-11/h4-5,8H,6-7,9H2,1-3H3,(H,16,17). The van der Waals surface area contributed by atoms with Crippen molar-refractivity contribution in [2.75, 3.05) is 11.5 Å². The van der Waals surface area contributed by atoms with E-state index in [0.29, 0.717) is 0 Å². The predicted octanol–water partition coefficient (Wildman–Crippen LogP) is 3.99. The molecule has 2 nitrogen and oxygen atoms in total. The van der Waals surface area contributed by atoms with E-state index >= 15 is 0 Å². The lowest BCUT2D eigenvalue weighted by Crippen LogP contribution is -2.39. The summed E-state index contributed by atoms with van der Waals surface area (Å²) in [6.45, 7) is 6.72. The molecule has 1 aromatic rings. The van der Waals surface area contributed by atoms with Gasteiger partial charge in [0, 0.05) is 21.5 Å². The van der Waals surface area contributed by atoms with Crippen LogP contribution >= 0.6 is 31.9 Å². The maximum absolute atomic E-state index is 12.0. The Hall–Kier alpha value is -0.133. The van der Waals surface area contributed by atoms with Crippen LogP contribution in [0.4, 0.5) is 0 Å². The molecular formula is C13H19Br2NOSi. The number of halogens is 2. The van der Waals surface area contributed by atoms with Crippen LogP contribution in [0, 0.1) is 0 Å². The highest BCUT2D eigenvalue weighted by Crippen LogP contribution is 2.19. The molecule has 100 valence electrons. The molecule has 1 rings (SSSR count).